The highest BCUT2D eigenvalue weighted by molar-refractivity contribution is 7.37. The smallest absolute Gasteiger partial charge is 0.0219 e. The van der Waals surface area contributed by atoms with Gasteiger partial charge in [0.2, 0.25) is 0 Å². The van der Waals surface area contributed by atoms with Gasteiger partial charge >= 0.3 is 0 Å². The van der Waals surface area contributed by atoms with Gasteiger partial charge in [0.05, 0.1) is 0 Å². The van der Waals surface area contributed by atoms with Crippen molar-refractivity contribution >= 4 is 8.58 Å². The predicted octanol–water partition coefficient (Wildman–Crippen LogP) is 6.20. The molecule has 0 spiro atoms. The third kappa shape index (κ3) is 12.1. The van der Waals surface area contributed by atoms with Crippen molar-refractivity contribution in [3.63, 3.8) is 0 Å². The van der Waals surface area contributed by atoms with Crippen molar-refractivity contribution < 1.29 is 0 Å². The second-order valence-corrected chi connectivity index (χ2v) is 7.10. The van der Waals surface area contributed by atoms with E-state index < -0.39 is 0 Å². The number of unbranched alkanes of at least 4 members (excludes halogenated alkanes) is 1. The molecule has 0 saturated carbocycles. The Morgan fingerprint density at radius 1 is 1.28 bits per heavy atom. The average Bonchev–Trinajstić information content (AvgIpc) is 2.33. The van der Waals surface area contributed by atoms with E-state index in [9.17, 15) is 0 Å². The van der Waals surface area contributed by atoms with Gasteiger partial charge in [-0.15, -0.1) is 8.58 Å². The average molecular weight is 268 g/mol. The molecule has 0 rings (SSSR count). The van der Waals surface area contributed by atoms with Gasteiger partial charge in [0.25, 0.3) is 0 Å². The first kappa shape index (κ1) is 20.0. The minimum atomic E-state index is 0.521. The molecule has 0 saturated heterocycles. The highest BCUT2D eigenvalue weighted by atomic mass is 31.1. The Kier molecular flexibility index (Phi) is 13.0. The van der Waals surface area contributed by atoms with E-state index in [-0.39, 0.29) is 0 Å². The molecule has 0 bridgehead atoms. The van der Waals surface area contributed by atoms with Crippen LogP contribution in [0.4, 0.5) is 0 Å². The first-order valence-electron chi connectivity index (χ1n) is 6.94. The molecule has 0 radical (unpaired) electrons. The van der Waals surface area contributed by atoms with Crippen LogP contribution in [0, 0.1) is 5.41 Å². The van der Waals surface area contributed by atoms with Gasteiger partial charge in [-0.1, -0.05) is 72.4 Å². The van der Waals surface area contributed by atoms with Crippen LogP contribution in [0.2, 0.25) is 0 Å². The summed E-state index contributed by atoms with van der Waals surface area (Å²) >= 11 is 0. The monoisotopic (exact) mass is 268 g/mol. The quantitative estimate of drug-likeness (QED) is 0.397. The molecule has 0 heterocycles. The summed E-state index contributed by atoms with van der Waals surface area (Å²) in [5.41, 5.74) is 2.69. The summed E-state index contributed by atoms with van der Waals surface area (Å²) < 4.78 is 0. The molecule has 18 heavy (non-hydrogen) atoms. The summed E-state index contributed by atoms with van der Waals surface area (Å²) in [5, 5.41) is 0. The largest absolute Gasteiger partial charge is 0.122 e. The van der Waals surface area contributed by atoms with E-state index in [1.165, 1.54) is 18.4 Å². The van der Waals surface area contributed by atoms with Crippen molar-refractivity contribution in [2.24, 2.45) is 5.41 Å². The summed E-state index contributed by atoms with van der Waals surface area (Å²) in [4.78, 5) is 0. The Hall–Kier alpha value is -0.350. The molecule has 106 valence electrons. The summed E-state index contributed by atoms with van der Waals surface area (Å²) in [6.45, 7) is 21.0. The molecule has 0 amide bonds. The second kappa shape index (κ2) is 11.7. The molecule has 1 heteroatoms. The molecule has 0 N–H and O–H groups in total. The van der Waals surface area contributed by atoms with Crippen molar-refractivity contribution in [1.82, 2.24) is 0 Å². The van der Waals surface area contributed by atoms with Crippen LogP contribution in [-0.2, 0) is 0 Å². The highest BCUT2D eigenvalue weighted by Gasteiger charge is 2.17. The van der Waals surface area contributed by atoms with Gasteiger partial charge < -0.3 is 0 Å². The van der Waals surface area contributed by atoms with Crippen LogP contribution in [-0.4, -0.2) is 12.3 Å². The van der Waals surface area contributed by atoms with Gasteiger partial charge in [-0.25, -0.2) is 0 Å². The van der Waals surface area contributed by atoms with E-state index >= 15 is 0 Å². The van der Waals surface area contributed by atoms with E-state index in [1.807, 2.05) is 18.2 Å². The summed E-state index contributed by atoms with van der Waals surface area (Å²) in [6, 6.07) is 0. The van der Waals surface area contributed by atoms with Gasteiger partial charge in [-0.2, -0.15) is 0 Å². The molecule has 0 fully saturated rings. The van der Waals surface area contributed by atoms with E-state index in [0.717, 1.165) is 20.7 Å². The molecule has 2 atom stereocenters. The standard InChI is InChI=1S/C10H16.C7H17P/c1-4-7-9-10(6-3)8-5-2;1-6(8-5)7(2,3)4/h5-6,8H,2-4,7,9H2,1H3;6,8H,1-5H3/b10-8+;. The fourth-order valence-electron chi connectivity index (χ4n) is 1.22. The number of allylic oxidation sites excluding steroid dienone is 4. The van der Waals surface area contributed by atoms with Crippen LogP contribution in [0.3, 0.4) is 0 Å². The Morgan fingerprint density at radius 3 is 2.06 bits per heavy atom. The summed E-state index contributed by atoms with van der Waals surface area (Å²) in [5.74, 6) is 0. The van der Waals surface area contributed by atoms with Gasteiger partial charge in [0, 0.05) is 0 Å². The molecular formula is C17H33P. The van der Waals surface area contributed by atoms with Crippen LogP contribution in [0.5, 0.6) is 0 Å². The predicted molar refractivity (Wildman–Crippen MR) is 91.2 cm³/mol. The molecule has 2 unspecified atom stereocenters. The zero-order chi connectivity index (χ0) is 14.6. The van der Waals surface area contributed by atoms with E-state index in [0.29, 0.717) is 5.41 Å². The molecule has 0 aliphatic carbocycles. The minimum absolute atomic E-state index is 0.521. The second-order valence-electron chi connectivity index (χ2n) is 5.66. The van der Waals surface area contributed by atoms with Crippen LogP contribution >= 0.6 is 8.58 Å². The van der Waals surface area contributed by atoms with E-state index in [2.05, 4.69) is 54.4 Å². The summed E-state index contributed by atoms with van der Waals surface area (Å²) in [7, 11) is 1.08. The Balaban J connectivity index is 0. The molecule has 0 aromatic heterocycles. The highest BCUT2D eigenvalue weighted by Crippen LogP contribution is 2.31. The van der Waals surface area contributed by atoms with Crippen molar-refractivity contribution in [2.75, 3.05) is 6.66 Å². The Bertz CT molecular complexity index is 243. The molecule has 0 aromatic rings. The van der Waals surface area contributed by atoms with E-state index in [4.69, 9.17) is 0 Å². The van der Waals surface area contributed by atoms with Crippen LogP contribution in [0.15, 0.2) is 37.0 Å². The molecule has 0 aromatic carbocycles. The van der Waals surface area contributed by atoms with Crippen molar-refractivity contribution in [1.29, 1.82) is 0 Å². The molecule has 0 aliphatic heterocycles. The zero-order valence-corrected chi connectivity index (χ0v) is 14.3. The minimum Gasteiger partial charge on any atom is -0.122 e. The van der Waals surface area contributed by atoms with Gasteiger partial charge in [-0.05, 0) is 36.2 Å². The lowest BCUT2D eigenvalue weighted by Crippen LogP contribution is -2.17. The van der Waals surface area contributed by atoms with E-state index in [1.54, 1.807) is 0 Å². The fraction of sp³-hybridized carbons (Fsp3) is 0.647. The topological polar surface area (TPSA) is 0 Å². The van der Waals surface area contributed by atoms with Crippen molar-refractivity contribution in [3.05, 3.63) is 37.0 Å². The van der Waals surface area contributed by atoms with Crippen molar-refractivity contribution in [3.8, 4) is 0 Å². The van der Waals surface area contributed by atoms with Crippen LogP contribution in [0.1, 0.15) is 53.9 Å². The number of hydrogen-bond donors (Lipinski definition) is 0. The lowest BCUT2D eigenvalue weighted by atomic mass is 9.93. The fourth-order valence-corrected chi connectivity index (χ4v) is 2.08. The molecule has 0 aliphatic rings. The molecular weight excluding hydrogens is 235 g/mol. The van der Waals surface area contributed by atoms with Gasteiger partial charge in [0.1, 0.15) is 0 Å². The van der Waals surface area contributed by atoms with Gasteiger partial charge in [-0.3, -0.25) is 0 Å². The van der Waals surface area contributed by atoms with Gasteiger partial charge in [0.15, 0.2) is 0 Å². The maximum absolute atomic E-state index is 3.72. The maximum Gasteiger partial charge on any atom is -0.0219 e. The normalized spacial score (nSPS) is 14.0. The summed E-state index contributed by atoms with van der Waals surface area (Å²) in [6.07, 6.45) is 9.34. The van der Waals surface area contributed by atoms with Crippen molar-refractivity contribution in [2.45, 2.75) is 59.5 Å². The lowest BCUT2D eigenvalue weighted by Gasteiger charge is -2.25. The first-order valence-corrected chi connectivity index (χ1v) is 8.52. The third-order valence-electron chi connectivity index (χ3n) is 3.15. The van der Waals surface area contributed by atoms with Crippen LogP contribution in [0.25, 0.3) is 0 Å². The Morgan fingerprint density at radius 2 is 1.83 bits per heavy atom. The lowest BCUT2D eigenvalue weighted by molar-refractivity contribution is 0.409. The SMILES string of the molecule is C=C/C=C(\C=C)CCCC.CPC(C)C(C)(C)C. The van der Waals surface area contributed by atoms with Crippen LogP contribution < -0.4 is 0 Å². The zero-order valence-electron chi connectivity index (χ0n) is 13.3. The first-order chi connectivity index (χ1) is 8.33. The third-order valence-corrected chi connectivity index (χ3v) is 4.88. The maximum atomic E-state index is 3.72. The number of hydrogen-bond acceptors (Lipinski definition) is 0. The Labute approximate surface area is 117 Å². The number of rotatable bonds is 6. The molecule has 0 nitrogen and oxygen atoms in total.